The van der Waals surface area contributed by atoms with Gasteiger partial charge in [-0.25, -0.2) is 4.90 Å². The number of hydrogen-bond acceptors (Lipinski definition) is 3. The summed E-state index contributed by atoms with van der Waals surface area (Å²) in [7, 11) is 2.23. The van der Waals surface area contributed by atoms with Crippen LogP contribution in [0.25, 0.3) is 0 Å². The van der Waals surface area contributed by atoms with E-state index in [2.05, 4.69) is 54.6 Å². The lowest BCUT2D eigenvalue weighted by molar-refractivity contribution is -0.121. The monoisotopic (exact) mass is 401 g/mol. The first-order valence-corrected chi connectivity index (χ1v) is 11.7. The summed E-state index contributed by atoms with van der Waals surface area (Å²) in [4.78, 5) is 26.7. The Kier molecular flexibility index (Phi) is 7.84. The first-order valence-electron chi connectivity index (χ1n) is 10.7. The fraction of sp³-hybridized carbons (Fsp3) is 0.652. The number of amides is 2. The van der Waals surface area contributed by atoms with Crippen LogP contribution in [0.15, 0.2) is 24.3 Å². The zero-order valence-electron chi connectivity index (χ0n) is 18.5. The molecule has 0 aromatic heterocycles. The number of carbonyl (C=O) groups is 2. The number of unbranched alkanes of at least 4 members (excludes halogenated alkanes) is 4. The second kappa shape index (κ2) is 9.52. The third-order valence-electron chi connectivity index (χ3n) is 6.39. The quantitative estimate of drug-likeness (QED) is 0.310. The van der Waals surface area contributed by atoms with Gasteiger partial charge in [-0.3, -0.25) is 9.59 Å². The second-order valence-corrected chi connectivity index (χ2v) is 10.8. The van der Waals surface area contributed by atoms with Gasteiger partial charge in [-0.1, -0.05) is 77.7 Å². The Balaban J connectivity index is 2.00. The highest BCUT2D eigenvalue weighted by Gasteiger charge is 2.40. The summed E-state index contributed by atoms with van der Waals surface area (Å²) < 4.78 is 0. The van der Waals surface area contributed by atoms with E-state index in [9.17, 15) is 9.59 Å². The Morgan fingerprint density at radius 1 is 1.04 bits per heavy atom. The van der Waals surface area contributed by atoms with E-state index >= 15 is 0 Å². The van der Waals surface area contributed by atoms with E-state index in [-0.39, 0.29) is 27.8 Å². The molecule has 1 aromatic carbocycles. The minimum Gasteiger partial charge on any atom is -0.274 e. The standard InChI is InChI=1S/C23H36BNO2S/c1-6-7-8-9-10-15-28-19-16-20(26)25(21(19)27)18-13-11-17(12-14-18)22(2,3)23(4,5)24/h11-14,19H,6-10,15-16,24H2,1-5H3. The van der Waals surface area contributed by atoms with Crippen LogP contribution < -0.4 is 4.90 Å². The maximum Gasteiger partial charge on any atom is 0.247 e. The SMILES string of the molecule is BC(C)(C)C(C)(C)c1ccc(N2C(=O)CC(SCCCCCCC)C2=O)cc1. The highest BCUT2D eigenvalue weighted by atomic mass is 32.2. The highest BCUT2D eigenvalue weighted by molar-refractivity contribution is 8.00. The van der Waals surface area contributed by atoms with Crippen molar-refractivity contribution in [3.05, 3.63) is 29.8 Å². The molecule has 3 nitrogen and oxygen atoms in total. The third kappa shape index (κ3) is 5.22. The molecule has 0 spiro atoms. The van der Waals surface area contributed by atoms with Crippen molar-refractivity contribution in [2.45, 2.75) is 89.1 Å². The van der Waals surface area contributed by atoms with Gasteiger partial charge in [0.15, 0.2) is 0 Å². The van der Waals surface area contributed by atoms with E-state index in [1.54, 1.807) is 11.8 Å². The summed E-state index contributed by atoms with van der Waals surface area (Å²) in [6.07, 6.45) is 6.44. The molecule has 1 fully saturated rings. The fourth-order valence-electron chi connectivity index (χ4n) is 3.40. The summed E-state index contributed by atoms with van der Waals surface area (Å²) in [6.45, 7) is 11.2. The first kappa shape index (κ1) is 23.1. The number of benzene rings is 1. The van der Waals surface area contributed by atoms with E-state index in [0.29, 0.717) is 12.1 Å². The predicted octanol–water partition coefficient (Wildman–Crippen LogP) is 5.13. The molecular weight excluding hydrogens is 365 g/mol. The van der Waals surface area contributed by atoms with Gasteiger partial charge in [-0.2, -0.15) is 0 Å². The van der Waals surface area contributed by atoms with Crippen molar-refractivity contribution in [2.75, 3.05) is 10.7 Å². The van der Waals surface area contributed by atoms with Crippen LogP contribution in [-0.4, -0.2) is 30.7 Å². The number of nitrogens with zero attached hydrogens (tertiary/aromatic N) is 1. The van der Waals surface area contributed by atoms with Gasteiger partial charge >= 0.3 is 0 Å². The van der Waals surface area contributed by atoms with Crippen molar-refractivity contribution in [3.8, 4) is 0 Å². The van der Waals surface area contributed by atoms with E-state index < -0.39 is 0 Å². The van der Waals surface area contributed by atoms with Crippen molar-refractivity contribution < 1.29 is 9.59 Å². The van der Waals surface area contributed by atoms with Gasteiger partial charge in [0.25, 0.3) is 0 Å². The minimum absolute atomic E-state index is 0.000715. The van der Waals surface area contributed by atoms with Crippen LogP contribution >= 0.6 is 11.8 Å². The van der Waals surface area contributed by atoms with E-state index in [1.807, 2.05) is 12.1 Å². The summed E-state index contributed by atoms with van der Waals surface area (Å²) in [5, 5.41) is -0.100. The number of carbonyl (C=O) groups excluding carboxylic acids is 2. The summed E-state index contributed by atoms with van der Waals surface area (Å²) in [5.41, 5.74) is 1.93. The lowest BCUT2D eigenvalue weighted by Gasteiger charge is -2.39. The maximum absolute atomic E-state index is 12.8. The van der Waals surface area contributed by atoms with Gasteiger partial charge in [0, 0.05) is 6.42 Å². The number of anilines is 1. The van der Waals surface area contributed by atoms with Crippen molar-refractivity contribution >= 4 is 37.1 Å². The molecule has 154 valence electrons. The second-order valence-electron chi connectivity index (χ2n) is 9.47. The molecule has 2 amide bonds. The summed E-state index contributed by atoms with van der Waals surface area (Å²) in [5.74, 6) is 0.836. The van der Waals surface area contributed by atoms with E-state index in [0.717, 1.165) is 12.2 Å². The molecular formula is C23H36BNO2S. The molecule has 1 atom stereocenters. The molecule has 1 aliphatic rings. The predicted molar refractivity (Wildman–Crippen MR) is 124 cm³/mol. The number of imide groups is 1. The van der Waals surface area contributed by atoms with Crippen molar-refractivity contribution in [3.63, 3.8) is 0 Å². The van der Waals surface area contributed by atoms with Crippen LogP contribution in [0, 0.1) is 0 Å². The molecule has 0 bridgehead atoms. The number of thioether (sulfide) groups is 1. The van der Waals surface area contributed by atoms with Gasteiger partial charge in [0.2, 0.25) is 11.8 Å². The van der Waals surface area contributed by atoms with Crippen LogP contribution in [0.1, 0.15) is 78.7 Å². The smallest absolute Gasteiger partial charge is 0.247 e. The molecule has 28 heavy (non-hydrogen) atoms. The van der Waals surface area contributed by atoms with Gasteiger partial charge in [0.05, 0.1) is 10.9 Å². The maximum atomic E-state index is 12.8. The molecule has 0 radical (unpaired) electrons. The summed E-state index contributed by atoms with van der Waals surface area (Å²) in [6, 6.07) is 7.98. The van der Waals surface area contributed by atoms with Crippen molar-refractivity contribution in [1.82, 2.24) is 0 Å². The Morgan fingerprint density at radius 2 is 1.64 bits per heavy atom. The first-order chi connectivity index (χ1) is 13.1. The molecule has 1 heterocycles. The normalized spacial score (nSPS) is 18.2. The van der Waals surface area contributed by atoms with Crippen LogP contribution in [0.2, 0.25) is 5.31 Å². The van der Waals surface area contributed by atoms with Gasteiger partial charge in [-0.05, 0) is 35.3 Å². The highest BCUT2D eigenvalue weighted by Crippen LogP contribution is 2.44. The van der Waals surface area contributed by atoms with Gasteiger partial charge in [0.1, 0.15) is 7.85 Å². The molecule has 1 unspecified atom stereocenters. The number of hydrogen-bond donors (Lipinski definition) is 0. The Morgan fingerprint density at radius 3 is 2.21 bits per heavy atom. The molecule has 0 aliphatic carbocycles. The Bertz CT molecular complexity index is 679. The van der Waals surface area contributed by atoms with Gasteiger partial charge in [-0.15, -0.1) is 11.8 Å². The Labute approximate surface area is 176 Å². The van der Waals surface area contributed by atoms with Gasteiger partial charge < -0.3 is 0 Å². The average Bonchev–Trinajstić information content (AvgIpc) is 2.91. The van der Waals surface area contributed by atoms with Crippen LogP contribution in [0.4, 0.5) is 5.69 Å². The largest absolute Gasteiger partial charge is 0.274 e. The van der Waals surface area contributed by atoms with Crippen LogP contribution in [0.5, 0.6) is 0 Å². The molecule has 0 N–H and O–H groups in total. The molecule has 2 rings (SSSR count). The molecule has 1 aliphatic heterocycles. The lowest BCUT2D eigenvalue weighted by Crippen LogP contribution is -2.32. The molecule has 1 saturated heterocycles. The van der Waals surface area contributed by atoms with E-state index in [1.165, 1.54) is 36.1 Å². The lowest BCUT2D eigenvalue weighted by atomic mass is 9.54. The van der Waals surface area contributed by atoms with E-state index in [4.69, 9.17) is 0 Å². The molecule has 0 saturated carbocycles. The minimum atomic E-state index is -0.218. The Hall–Kier alpha value is -1.23. The molecule has 5 heteroatoms. The zero-order chi connectivity index (χ0) is 20.9. The fourth-order valence-corrected chi connectivity index (χ4v) is 4.56. The molecule has 1 aromatic rings. The average molecular weight is 401 g/mol. The third-order valence-corrected chi connectivity index (χ3v) is 7.69. The zero-order valence-corrected chi connectivity index (χ0v) is 19.3. The summed E-state index contributed by atoms with van der Waals surface area (Å²) >= 11 is 1.65. The van der Waals surface area contributed by atoms with Crippen LogP contribution in [0.3, 0.4) is 0 Å². The van der Waals surface area contributed by atoms with Crippen LogP contribution in [-0.2, 0) is 15.0 Å². The van der Waals surface area contributed by atoms with Crippen molar-refractivity contribution in [2.24, 2.45) is 0 Å². The van der Waals surface area contributed by atoms with Crippen molar-refractivity contribution in [1.29, 1.82) is 0 Å². The number of rotatable bonds is 10. The topological polar surface area (TPSA) is 37.4 Å².